The summed E-state index contributed by atoms with van der Waals surface area (Å²) < 4.78 is 4.83. The van der Waals surface area contributed by atoms with Gasteiger partial charge in [0.05, 0.1) is 13.2 Å². The Balaban J connectivity index is 4.06. The van der Waals surface area contributed by atoms with Gasteiger partial charge in [-0.15, -0.1) is 0 Å². The Labute approximate surface area is 78.1 Å². The fourth-order valence-corrected chi connectivity index (χ4v) is 0.654. The maximum Gasteiger partial charge on any atom is 0.221 e. The lowest BCUT2D eigenvalue weighted by Gasteiger charge is -2.02. The molecule has 0 aromatic carbocycles. The summed E-state index contributed by atoms with van der Waals surface area (Å²) in [6.45, 7) is 3.75. The molecule has 0 aromatic heterocycles. The van der Waals surface area contributed by atoms with Crippen LogP contribution in [0.15, 0.2) is 9.98 Å². The van der Waals surface area contributed by atoms with Gasteiger partial charge < -0.3 is 21.5 Å². The minimum atomic E-state index is -0.00267. The lowest BCUT2D eigenvalue weighted by atomic mass is 10.7. The number of nitrogens with one attached hydrogen (secondary N) is 1. The summed E-state index contributed by atoms with van der Waals surface area (Å²) in [7, 11) is 1.61. The van der Waals surface area contributed by atoms with E-state index in [-0.39, 0.29) is 5.96 Å². The van der Waals surface area contributed by atoms with E-state index in [0.717, 1.165) is 6.54 Å². The molecule has 5 N–H and O–H groups in total. The van der Waals surface area contributed by atoms with Crippen LogP contribution in [-0.2, 0) is 4.74 Å². The smallest absolute Gasteiger partial charge is 0.221 e. The van der Waals surface area contributed by atoms with Crippen molar-refractivity contribution in [3.05, 3.63) is 0 Å². The minimum Gasteiger partial charge on any atom is -0.383 e. The van der Waals surface area contributed by atoms with Crippen molar-refractivity contribution in [2.75, 3.05) is 26.8 Å². The standard InChI is InChI=1S/C7H17N5O/c1-3-10-7(12-6(8)9)11-4-5-13-2/h3-5H2,1-2H3,(H5,8,9,10,11,12). The molecule has 6 heteroatoms. The quantitative estimate of drug-likeness (QED) is 0.295. The Bertz CT molecular complexity index is 185. The zero-order valence-corrected chi connectivity index (χ0v) is 8.08. The first-order valence-corrected chi connectivity index (χ1v) is 4.07. The lowest BCUT2D eigenvalue weighted by Crippen LogP contribution is -2.29. The highest BCUT2D eigenvalue weighted by Crippen LogP contribution is 1.79. The molecular formula is C7H17N5O. The van der Waals surface area contributed by atoms with Gasteiger partial charge in [-0.1, -0.05) is 0 Å². The molecular weight excluding hydrogens is 170 g/mol. The molecule has 0 atom stereocenters. The molecule has 0 rings (SSSR count). The molecule has 0 aliphatic carbocycles. The summed E-state index contributed by atoms with van der Waals surface area (Å²) in [6, 6.07) is 0. The first kappa shape index (κ1) is 11.7. The monoisotopic (exact) mass is 187 g/mol. The largest absolute Gasteiger partial charge is 0.383 e. The number of nitrogens with two attached hydrogens (primary N) is 2. The van der Waals surface area contributed by atoms with Crippen LogP contribution in [-0.4, -0.2) is 38.7 Å². The molecule has 0 aromatic rings. The number of aliphatic imine (C=N–C) groups is 2. The van der Waals surface area contributed by atoms with Crippen LogP contribution in [0.1, 0.15) is 6.92 Å². The molecule has 0 unspecified atom stereocenters. The molecule has 76 valence electrons. The van der Waals surface area contributed by atoms with Crippen LogP contribution >= 0.6 is 0 Å². The number of hydrogen-bond acceptors (Lipinski definition) is 2. The van der Waals surface area contributed by atoms with Crippen molar-refractivity contribution < 1.29 is 4.74 Å². The number of rotatable bonds is 4. The number of nitrogens with zero attached hydrogens (tertiary/aromatic N) is 2. The zero-order chi connectivity index (χ0) is 10.1. The maximum atomic E-state index is 5.20. The van der Waals surface area contributed by atoms with E-state index in [0.29, 0.717) is 19.1 Å². The van der Waals surface area contributed by atoms with Crippen molar-refractivity contribution in [1.29, 1.82) is 0 Å². The van der Waals surface area contributed by atoms with Crippen molar-refractivity contribution in [3.8, 4) is 0 Å². The predicted molar refractivity (Wildman–Crippen MR) is 53.7 cm³/mol. The molecule has 0 aliphatic heterocycles. The molecule has 0 aliphatic rings. The summed E-state index contributed by atoms with van der Waals surface area (Å²) in [5.74, 6) is 0.441. The normalized spacial score (nSPS) is 11.1. The van der Waals surface area contributed by atoms with Crippen LogP contribution in [0.4, 0.5) is 0 Å². The highest BCUT2D eigenvalue weighted by atomic mass is 16.5. The molecule has 0 fully saturated rings. The predicted octanol–water partition coefficient (Wildman–Crippen LogP) is -1.13. The number of guanidine groups is 2. The second kappa shape index (κ2) is 7.35. The third-order valence-electron chi connectivity index (χ3n) is 1.13. The van der Waals surface area contributed by atoms with Crippen LogP contribution in [0.3, 0.4) is 0 Å². The molecule has 13 heavy (non-hydrogen) atoms. The lowest BCUT2D eigenvalue weighted by molar-refractivity contribution is 0.208. The SMILES string of the molecule is CCNC(N=C(N)N)=NCCOC. The number of hydrogen-bond donors (Lipinski definition) is 3. The zero-order valence-electron chi connectivity index (χ0n) is 8.08. The summed E-state index contributed by atoms with van der Waals surface area (Å²) in [5.41, 5.74) is 10.4. The van der Waals surface area contributed by atoms with Gasteiger partial charge in [-0.3, -0.25) is 0 Å². The topological polar surface area (TPSA) is 98.0 Å². The van der Waals surface area contributed by atoms with Gasteiger partial charge in [-0.25, -0.2) is 4.99 Å². The molecule has 0 heterocycles. The van der Waals surface area contributed by atoms with Crippen molar-refractivity contribution in [1.82, 2.24) is 5.32 Å². The summed E-state index contributed by atoms with van der Waals surface area (Å²) in [4.78, 5) is 7.87. The van der Waals surface area contributed by atoms with Gasteiger partial charge in [0, 0.05) is 13.7 Å². The number of ether oxygens (including phenoxy) is 1. The van der Waals surface area contributed by atoms with Gasteiger partial charge in [-0.05, 0) is 6.92 Å². The summed E-state index contributed by atoms with van der Waals surface area (Å²) >= 11 is 0. The Kier molecular flexibility index (Phi) is 6.62. The summed E-state index contributed by atoms with van der Waals surface area (Å²) in [5, 5.41) is 2.92. The summed E-state index contributed by atoms with van der Waals surface area (Å²) in [6.07, 6.45) is 0. The Morgan fingerprint density at radius 1 is 1.46 bits per heavy atom. The van der Waals surface area contributed by atoms with E-state index < -0.39 is 0 Å². The first-order valence-electron chi connectivity index (χ1n) is 4.07. The highest BCUT2D eigenvalue weighted by molar-refractivity contribution is 5.93. The Hall–Kier alpha value is -1.30. The third-order valence-corrected chi connectivity index (χ3v) is 1.13. The second-order valence-electron chi connectivity index (χ2n) is 2.27. The van der Waals surface area contributed by atoms with Crippen molar-refractivity contribution >= 4 is 11.9 Å². The average Bonchev–Trinajstić information content (AvgIpc) is 2.04. The van der Waals surface area contributed by atoms with Gasteiger partial charge in [0.1, 0.15) is 0 Å². The van der Waals surface area contributed by atoms with Crippen LogP contribution < -0.4 is 16.8 Å². The fourth-order valence-electron chi connectivity index (χ4n) is 0.654. The van der Waals surface area contributed by atoms with E-state index in [1.807, 2.05) is 6.92 Å². The van der Waals surface area contributed by atoms with E-state index in [1.165, 1.54) is 0 Å². The van der Waals surface area contributed by atoms with Crippen LogP contribution in [0, 0.1) is 0 Å². The van der Waals surface area contributed by atoms with Gasteiger partial charge in [0.25, 0.3) is 0 Å². The van der Waals surface area contributed by atoms with E-state index in [4.69, 9.17) is 16.2 Å². The van der Waals surface area contributed by atoms with Gasteiger partial charge in [0.2, 0.25) is 5.96 Å². The maximum absolute atomic E-state index is 5.20. The van der Waals surface area contributed by atoms with E-state index in [1.54, 1.807) is 7.11 Å². The first-order chi connectivity index (χ1) is 6.20. The van der Waals surface area contributed by atoms with E-state index in [2.05, 4.69) is 15.3 Å². The average molecular weight is 187 g/mol. The van der Waals surface area contributed by atoms with E-state index in [9.17, 15) is 0 Å². The Morgan fingerprint density at radius 3 is 2.62 bits per heavy atom. The molecule has 0 radical (unpaired) electrons. The third kappa shape index (κ3) is 7.07. The van der Waals surface area contributed by atoms with E-state index >= 15 is 0 Å². The minimum absolute atomic E-state index is 0.00267. The molecule has 6 nitrogen and oxygen atoms in total. The molecule has 0 amide bonds. The van der Waals surface area contributed by atoms with Crippen molar-refractivity contribution in [3.63, 3.8) is 0 Å². The Morgan fingerprint density at radius 2 is 2.15 bits per heavy atom. The van der Waals surface area contributed by atoms with Crippen LogP contribution in [0.5, 0.6) is 0 Å². The highest BCUT2D eigenvalue weighted by Gasteiger charge is 1.93. The number of methoxy groups -OCH3 is 1. The molecule has 0 spiro atoms. The molecule has 0 saturated heterocycles. The van der Waals surface area contributed by atoms with Gasteiger partial charge in [0.15, 0.2) is 5.96 Å². The van der Waals surface area contributed by atoms with Crippen LogP contribution in [0.25, 0.3) is 0 Å². The van der Waals surface area contributed by atoms with Crippen molar-refractivity contribution in [2.24, 2.45) is 21.5 Å². The van der Waals surface area contributed by atoms with Crippen molar-refractivity contribution in [2.45, 2.75) is 6.92 Å². The second-order valence-corrected chi connectivity index (χ2v) is 2.27. The van der Waals surface area contributed by atoms with Gasteiger partial charge >= 0.3 is 0 Å². The van der Waals surface area contributed by atoms with Gasteiger partial charge in [-0.2, -0.15) is 4.99 Å². The molecule has 0 saturated carbocycles. The van der Waals surface area contributed by atoms with Crippen LogP contribution in [0.2, 0.25) is 0 Å². The fraction of sp³-hybridized carbons (Fsp3) is 0.714. The molecule has 0 bridgehead atoms.